The number of ketones is 1. The van der Waals surface area contributed by atoms with Crippen molar-refractivity contribution in [1.82, 2.24) is 9.80 Å². The van der Waals surface area contributed by atoms with Crippen LogP contribution in [0.3, 0.4) is 0 Å². The third-order valence-electron chi connectivity index (χ3n) is 5.23. The van der Waals surface area contributed by atoms with Crippen LogP contribution in [0.2, 0.25) is 5.02 Å². The van der Waals surface area contributed by atoms with Gasteiger partial charge in [0.2, 0.25) is 5.91 Å². The number of rotatable bonds is 8. The zero-order valence-corrected chi connectivity index (χ0v) is 17.8. The first-order valence-electron chi connectivity index (χ1n) is 10.1. The second-order valence-corrected chi connectivity index (χ2v) is 7.80. The summed E-state index contributed by atoms with van der Waals surface area (Å²) in [5, 5.41) is 0.435. The quantitative estimate of drug-likeness (QED) is 0.463. The molecular formula is C23H26ClFN2O3. The van der Waals surface area contributed by atoms with Crippen molar-refractivity contribution < 1.29 is 18.7 Å². The highest BCUT2D eigenvalue weighted by molar-refractivity contribution is 6.31. The monoisotopic (exact) mass is 432 g/mol. The number of halogens is 2. The van der Waals surface area contributed by atoms with Gasteiger partial charge in [0.15, 0.2) is 5.78 Å². The number of hydrogen-bond donors (Lipinski definition) is 0. The zero-order chi connectivity index (χ0) is 21.5. The van der Waals surface area contributed by atoms with Crippen LogP contribution in [0.5, 0.6) is 5.75 Å². The average molecular weight is 433 g/mol. The molecule has 160 valence electrons. The van der Waals surface area contributed by atoms with E-state index in [0.29, 0.717) is 74.1 Å². The second-order valence-electron chi connectivity index (χ2n) is 7.39. The van der Waals surface area contributed by atoms with E-state index in [1.807, 2.05) is 4.90 Å². The van der Waals surface area contributed by atoms with E-state index in [0.717, 1.165) is 0 Å². The van der Waals surface area contributed by atoms with Crippen molar-refractivity contribution in [2.45, 2.75) is 26.3 Å². The minimum absolute atomic E-state index is 0.0178. The lowest BCUT2D eigenvalue weighted by molar-refractivity contribution is -0.133. The Morgan fingerprint density at radius 3 is 2.40 bits per heavy atom. The largest absolute Gasteiger partial charge is 0.494 e. The third kappa shape index (κ3) is 6.03. The van der Waals surface area contributed by atoms with E-state index < -0.39 is 0 Å². The molecule has 0 spiro atoms. The van der Waals surface area contributed by atoms with E-state index in [2.05, 4.69) is 4.90 Å². The summed E-state index contributed by atoms with van der Waals surface area (Å²) >= 11 is 6.11. The van der Waals surface area contributed by atoms with Crippen LogP contribution in [0.1, 0.15) is 35.7 Å². The maximum absolute atomic E-state index is 14.0. The number of benzene rings is 2. The summed E-state index contributed by atoms with van der Waals surface area (Å²) in [5.41, 5.74) is 1.15. The number of piperazine rings is 1. The molecule has 5 nitrogen and oxygen atoms in total. The lowest BCUT2D eigenvalue weighted by Gasteiger charge is -2.35. The fraction of sp³-hybridized carbons (Fsp3) is 0.391. The van der Waals surface area contributed by atoms with Crippen molar-refractivity contribution in [1.29, 1.82) is 0 Å². The summed E-state index contributed by atoms with van der Waals surface area (Å²) in [6, 6.07) is 11.7. The van der Waals surface area contributed by atoms with Crippen LogP contribution < -0.4 is 4.74 Å². The molecule has 1 fully saturated rings. The molecule has 0 N–H and O–H groups in total. The molecule has 0 aromatic heterocycles. The molecule has 1 aliphatic rings. The van der Waals surface area contributed by atoms with E-state index in [9.17, 15) is 14.0 Å². The van der Waals surface area contributed by atoms with Gasteiger partial charge in [-0.25, -0.2) is 4.39 Å². The van der Waals surface area contributed by atoms with E-state index in [1.165, 1.54) is 13.0 Å². The van der Waals surface area contributed by atoms with E-state index in [-0.39, 0.29) is 17.5 Å². The van der Waals surface area contributed by atoms with Gasteiger partial charge in [-0.05, 0) is 49.7 Å². The molecule has 3 rings (SSSR count). The van der Waals surface area contributed by atoms with Crippen molar-refractivity contribution in [3.63, 3.8) is 0 Å². The van der Waals surface area contributed by atoms with Gasteiger partial charge < -0.3 is 9.64 Å². The van der Waals surface area contributed by atoms with E-state index >= 15 is 0 Å². The Bertz CT molecular complexity index is 860. The molecule has 0 aliphatic carbocycles. The minimum atomic E-state index is -0.295. The number of carbonyl (C=O) groups is 2. The molecule has 1 amide bonds. The molecule has 2 aromatic rings. The van der Waals surface area contributed by atoms with Gasteiger partial charge >= 0.3 is 0 Å². The van der Waals surface area contributed by atoms with Gasteiger partial charge in [0.1, 0.15) is 11.6 Å². The fourth-order valence-corrected chi connectivity index (χ4v) is 3.64. The van der Waals surface area contributed by atoms with Crippen LogP contribution in [0, 0.1) is 5.82 Å². The van der Waals surface area contributed by atoms with Gasteiger partial charge in [-0.3, -0.25) is 14.5 Å². The van der Waals surface area contributed by atoms with Crippen molar-refractivity contribution in [2.24, 2.45) is 0 Å². The number of carbonyl (C=O) groups excluding carboxylic acids is 2. The zero-order valence-electron chi connectivity index (χ0n) is 17.1. The SMILES string of the molecule is CC(=O)c1ccc(OCCCC(=O)N2CCN(Cc3c(F)cccc3Cl)CC2)cc1. The standard InChI is InChI=1S/C23H26ClFN2O3/c1-17(28)18-7-9-19(10-8-18)30-15-3-6-23(29)27-13-11-26(12-14-27)16-20-21(24)4-2-5-22(20)25/h2,4-5,7-10H,3,6,11-16H2,1H3. The lowest BCUT2D eigenvalue weighted by Crippen LogP contribution is -2.48. The molecular weight excluding hydrogens is 407 g/mol. The lowest BCUT2D eigenvalue weighted by atomic mass is 10.1. The molecule has 30 heavy (non-hydrogen) atoms. The van der Waals surface area contributed by atoms with Crippen LogP contribution in [-0.4, -0.2) is 54.3 Å². The normalized spacial score (nSPS) is 14.6. The molecule has 0 saturated carbocycles. The predicted octanol–water partition coefficient (Wildman–Crippen LogP) is 4.19. The Kier molecular flexibility index (Phi) is 7.82. The average Bonchev–Trinajstić information content (AvgIpc) is 2.74. The highest BCUT2D eigenvalue weighted by atomic mass is 35.5. The van der Waals surface area contributed by atoms with Crippen LogP contribution in [0.15, 0.2) is 42.5 Å². The van der Waals surface area contributed by atoms with Gasteiger partial charge in [0, 0.05) is 55.3 Å². The second kappa shape index (κ2) is 10.5. The van der Waals surface area contributed by atoms with Crippen molar-refractivity contribution >= 4 is 23.3 Å². The number of Topliss-reactive ketones (excluding diaryl/α,β-unsaturated/α-hetero) is 1. The Morgan fingerprint density at radius 1 is 1.07 bits per heavy atom. The highest BCUT2D eigenvalue weighted by Crippen LogP contribution is 2.21. The fourth-order valence-electron chi connectivity index (χ4n) is 3.42. The first-order chi connectivity index (χ1) is 14.4. The molecule has 0 atom stereocenters. The Labute approximate surface area is 181 Å². The summed E-state index contributed by atoms with van der Waals surface area (Å²) < 4.78 is 19.6. The molecule has 1 heterocycles. The van der Waals surface area contributed by atoms with E-state index in [4.69, 9.17) is 16.3 Å². The Balaban J connectivity index is 1.36. The molecule has 2 aromatic carbocycles. The van der Waals surface area contributed by atoms with E-state index in [1.54, 1.807) is 36.4 Å². The smallest absolute Gasteiger partial charge is 0.222 e. The van der Waals surface area contributed by atoms with Gasteiger partial charge in [-0.1, -0.05) is 17.7 Å². The van der Waals surface area contributed by atoms with Gasteiger partial charge in [-0.15, -0.1) is 0 Å². The Morgan fingerprint density at radius 2 is 1.77 bits per heavy atom. The summed E-state index contributed by atoms with van der Waals surface area (Å²) in [6.07, 6.45) is 1.04. The van der Waals surface area contributed by atoms with Crippen molar-refractivity contribution in [3.8, 4) is 5.75 Å². The first-order valence-corrected chi connectivity index (χ1v) is 10.5. The predicted molar refractivity (Wildman–Crippen MR) is 114 cm³/mol. The van der Waals surface area contributed by atoms with Crippen LogP contribution in [0.4, 0.5) is 4.39 Å². The number of amides is 1. The van der Waals surface area contributed by atoms with Gasteiger partial charge in [0.05, 0.1) is 6.61 Å². The number of ether oxygens (including phenoxy) is 1. The maximum Gasteiger partial charge on any atom is 0.222 e. The van der Waals surface area contributed by atoms with Crippen molar-refractivity contribution in [3.05, 3.63) is 64.4 Å². The highest BCUT2D eigenvalue weighted by Gasteiger charge is 2.22. The Hall–Kier alpha value is -2.44. The molecule has 0 radical (unpaired) electrons. The summed E-state index contributed by atoms with van der Waals surface area (Å²) in [4.78, 5) is 27.7. The third-order valence-corrected chi connectivity index (χ3v) is 5.59. The summed E-state index contributed by atoms with van der Waals surface area (Å²) in [6.45, 7) is 5.04. The maximum atomic E-state index is 14.0. The van der Waals surface area contributed by atoms with Crippen LogP contribution in [-0.2, 0) is 11.3 Å². The molecule has 0 bridgehead atoms. The van der Waals surface area contributed by atoms with Gasteiger partial charge in [0.25, 0.3) is 0 Å². The topological polar surface area (TPSA) is 49.9 Å². The minimum Gasteiger partial charge on any atom is -0.494 e. The number of hydrogen-bond acceptors (Lipinski definition) is 4. The van der Waals surface area contributed by atoms with Crippen LogP contribution >= 0.6 is 11.6 Å². The number of nitrogens with zero attached hydrogens (tertiary/aromatic N) is 2. The van der Waals surface area contributed by atoms with Crippen LogP contribution in [0.25, 0.3) is 0 Å². The summed E-state index contributed by atoms with van der Waals surface area (Å²) in [5.74, 6) is 0.517. The molecule has 1 saturated heterocycles. The van der Waals surface area contributed by atoms with Crippen molar-refractivity contribution in [2.75, 3.05) is 32.8 Å². The molecule has 1 aliphatic heterocycles. The summed E-state index contributed by atoms with van der Waals surface area (Å²) in [7, 11) is 0. The molecule has 7 heteroatoms. The molecule has 0 unspecified atom stereocenters. The van der Waals surface area contributed by atoms with Gasteiger partial charge in [-0.2, -0.15) is 0 Å². The first kappa shape index (κ1) is 22.2.